The van der Waals surface area contributed by atoms with E-state index in [1.165, 1.54) is 12.7 Å². The minimum absolute atomic E-state index is 0.293. The summed E-state index contributed by atoms with van der Waals surface area (Å²) in [6.45, 7) is 2.03. The van der Waals surface area contributed by atoms with Crippen LogP contribution in [0.15, 0.2) is 66.9 Å². The molecule has 27 heavy (non-hydrogen) atoms. The molecule has 0 aliphatic rings. The smallest absolute Gasteiger partial charge is 0.337 e. The minimum atomic E-state index is -0.425. The van der Waals surface area contributed by atoms with E-state index in [-0.39, 0.29) is 5.91 Å². The van der Waals surface area contributed by atoms with Gasteiger partial charge >= 0.3 is 5.97 Å². The van der Waals surface area contributed by atoms with Crippen LogP contribution in [0.2, 0.25) is 0 Å². The molecule has 1 amide bonds. The van der Waals surface area contributed by atoms with Gasteiger partial charge in [-0.25, -0.2) is 9.78 Å². The quantitative estimate of drug-likeness (QED) is 0.667. The largest absolute Gasteiger partial charge is 0.465 e. The van der Waals surface area contributed by atoms with Crippen LogP contribution in [0.1, 0.15) is 26.4 Å². The van der Waals surface area contributed by atoms with E-state index in [0.29, 0.717) is 16.9 Å². The van der Waals surface area contributed by atoms with Crippen LogP contribution in [-0.4, -0.2) is 24.0 Å². The number of hydrogen-bond donors (Lipinski definition) is 2. The van der Waals surface area contributed by atoms with Gasteiger partial charge in [-0.3, -0.25) is 4.79 Å². The van der Waals surface area contributed by atoms with Crippen LogP contribution < -0.4 is 10.6 Å². The molecule has 2 aromatic carbocycles. The van der Waals surface area contributed by atoms with Crippen molar-refractivity contribution >= 4 is 28.9 Å². The van der Waals surface area contributed by atoms with Gasteiger partial charge in [-0.05, 0) is 55.5 Å². The fourth-order valence-corrected chi connectivity index (χ4v) is 2.41. The number of carbonyl (C=O) groups is 2. The van der Waals surface area contributed by atoms with Gasteiger partial charge in [0.05, 0.1) is 24.6 Å². The van der Waals surface area contributed by atoms with E-state index < -0.39 is 5.97 Å². The van der Waals surface area contributed by atoms with E-state index in [4.69, 9.17) is 0 Å². The van der Waals surface area contributed by atoms with Gasteiger partial charge in [0.2, 0.25) is 0 Å². The van der Waals surface area contributed by atoms with Crippen LogP contribution >= 0.6 is 0 Å². The van der Waals surface area contributed by atoms with E-state index in [1.54, 1.807) is 42.6 Å². The number of carbonyl (C=O) groups excluding carboxylic acids is 2. The van der Waals surface area contributed by atoms with Crippen LogP contribution in [0.5, 0.6) is 0 Å². The van der Waals surface area contributed by atoms with Crippen LogP contribution in [0, 0.1) is 6.92 Å². The first-order valence-electron chi connectivity index (χ1n) is 8.34. The van der Waals surface area contributed by atoms with E-state index in [2.05, 4.69) is 20.4 Å². The van der Waals surface area contributed by atoms with Crippen molar-refractivity contribution in [2.45, 2.75) is 6.92 Å². The zero-order valence-electron chi connectivity index (χ0n) is 15.0. The second kappa shape index (κ2) is 8.14. The Morgan fingerprint density at radius 2 is 1.48 bits per heavy atom. The van der Waals surface area contributed by atoms with Crippen molar-refractivity contribution in [3.8, 4) is 0 Å². The number of hydrogen-bond acceptors (Lipinski definition) is 5. The van der Waals surface area contributed by atoms with Crippen LogP contribution in [0.25, 0.3) is 0 Å². The first kappa shape index (κ1) is 18.1. The lowest BCUT2D eigenvalue weighted by molar-refractivity contribution is 0.0600. The summed E-state index contributed by atoms with van der Waals surface area (Å²) in [4.78, 5) is 27.9. The average Bonchev–Trinajstić information content (AvgIpc) is 2.70. The monoisotopic (exact) mass is 361 g/mol. The predicted octanol–water partition coefficient (Wildman–Crippen LogP) is 4.17. The molecule has 0 spiro atoms. The Labute approximate surface area is 157 Å². The third-order valence-electron chi connectivity index (χ3n) is 3.90. The van der Waals surface area contributed by atoms with E-state index >= 15 is 0 Å². The SMILES string of the molecule is COC(=O)c1ccc(NC(=O)c2ccc(Nc3ccc(C)cc3)cn2)cc1. The molecule has 0 radical (unpaired) electrons. The van der Waals surface area contributed by atoms with Gasteiger partial charge in [0, 0.05) is 11.4 Å². The van der Waals surface area contributed by atoms with Gasteiger partial charge in [-0.2, -0.15) is 0 Å². The van der Waals surface area contributed by atoms with Gasteiger partial charge < -0.3 is 15.4 Å². The van der Waals surface area contributed by atoms with Crippen LogP contribution in [0.4, 0.5) is 17.1 Å². The molecule has 0 saturated heterocycles. The molecule has 6 heteroatoms. The van der Waals surface area contributed by atoms with Crippen molar-refractivity contribution in [1.29, 1.82) is 0 Å². The Morgan fingerprint density at radius 1 is 0.852 bits per heavy atom. The third kappa shape index (κ3) is 4.70. The van der Waals surface area contributed by atoms with Crippen molar-refractivity contribution in [3.05, 3.63) is 83.7 Å². The fraction of sp³-hybridized carbons (Fsp3) is 0.0952. The van der Waals surface area contributed by atoms with Crippen LogP contribution in [-0.2, 0) is 4.74 Å². The summed E-state index contributed by atoms with van der Waals surface area (Å²) in [5, 5.41) is 5.98. The zero-order valence-corrected chi connectivity index (χ0v) is 15.0. The van der Waals surface area contributed by atoms with Crippen LogP contribution in [0.3, 0.4) is 0 Å². The number of pyridine rings is 1. The number of methoxy groups -OCH3 is 1. The van der Waals surface area contributed by atoms with Gasteiger partial charge in [0.25, 0.3) is 5.91 Å². The van der Waals surface area contributed by atoms with E-state index in [9.17, 15) is 9.59 Å². The number of aromatic nitrogens is 1. The minimum Gasteiger partial charge on any atom is -0.465 e. The standard InChI is InChI=1S/C21H19N3O3/c1-14-3-7-16(8-4-14)23-18-11-12-19(22-13-18)20(25)24-17-9-5-15(6-10-17)21(26)27-2/h3-13,23H,1-2H3,(H,24,25). The molecule has 136 valence electrons. The van der Waals surface area contributed by atoms with E-state index in [0.717, 1.165) is 11.4 Å². The molecule has 0 fully saturated rings. The number of amides is 1. The summed E-state index contributed by atoms with van der Waals surface area (Å²) >= 11 is 0. The predicted molar refractivity (Wildman–Crippen MR) is 104 cm³/mol. The molecule has 2 N–H and O–H groups in total. The molecule has 3 rings (SSSR count). The highest BCUT2D eigenvalue weighted by Gasteiger charge is 2.09. The lowest BCUT2D eigenvalue weighted by Gasteiger charge is -2.08. The lowest BCUT2D eigenvalue weighted by atomic mass is 10.2. The fourth-order valence-electron chi connectivity index (χ4n) is 2.41. The topological polar surface area (TPSA) is 80.3 Å². The molecule has 0 aliphatic heterocycles. The third-order valence-corrected chi connectivity index (χ3v) is 3.90. The highest BCUT2D eigenvalue weighted by molar-refractivity contribution is 6.03. The Kier molecular flexibility index (Phi) is 5.47. The van der Waals surface area contributed by atoms with E-state index in [1.807, 2.05) is 31.2 Å². The Bertz CT molecular complexity index is 934. The van der Waals surface area contributed by atoms with Crippen molar-refractivity contribution < 1.29 is 14.3 Å². The maximum Gasteiger partial charge on any atom is 0.337 e. The summed E-state index contributed by atoms with van der Waals surface area (Å²) in [5.41, 5.74) is 4.20. The maximum absolute atomic E-state index is 12.3. The zero-order chi connectivity index (χ0) is 19.2. The summed E-state index contributed by atoms with van der Waals surface area (Å²) in [7, 11) is 1.32. The van der Waals surface area contributed by atoms with Crippen molar-refractivity contribution in [3.63, 3.8) is 0 Å². The highest BCUT2D eigenvalue weighted by atomic mass is 16.5. The molecule has 6 nitrogen and oxygen atoms in total. The van der Waals surface area contributed by atoms with Gasteiger partial charge in [0.1, 0.15) is 5.69 Å². The molecular formula is C21H19N3O3. The molecule has 0 unspecified atom stereocenters. The Balaban J connectivity index is 1.63. The first-order chi connectivity index (χ1) is 13.0. The normalized spacial score (nSPS) is 10.1. The lowest BCUT2D eigenvalue weighted by Crippen LogP contribution is -2.13. The van der Waals surface area contributed by atoms with Crippen molar-refractivity contribution in [1.82, 2.24) is 4.98 Å². The number of anilines is 3. The summed E-state index contributed by atoms with van der Waals surface area (Å²) in [5.74, 6) is -0.756. The van der Waals surface area contributed by atoms with Gasteiger partial charge in [-0.1, -0.05) is 17.7 Å². The number of nitrogens with zero attached hydrogens (tertiary/aromatic N) is 1. The summed E-state index contributed by atoms with van der Waals surface area (Å²) in [6, 6.07) is 17.9. The number of rotatable bonds is 5. The molecule has 0 aliphatic carbocycles. The molecule has 0 bridgehead atoms. The van der Waals surface area contributed by atoms with Gasteiger partial charge in [-0.15, -0.1) is 0 Å². The Hall–Kier alpha value is -3.67. The molecular weight excluding hydrogens is 342 g/mol. The summed E-state index contributed by atoms with van der Waals surface area (Å²) < 4.78 is 4.64. The number of aryl methyl sites for hydroxylation is 1. The number of nitrogens with one attached hydrogen (secondary N) is 2. The second-order valence-corrected chi connectivity index (χ2v) is 5.95. The number of esters is 1. The maximum atomic E-state index is 12.3. The Morgan fingerprint density at radius 3 is 2.07 bits per heavy atom. The highest BCUT2D eigenvalue weighted by Crippen LogP contribution is 2.17. The summed E-state index contributed by atoms with van der Waals surface area (Å²) in [6.07, 6.45) is 1.61. The van der Waals surface area contributed by atoms with Crippen molar-refractivity contribution in [2.75, 3.05) is 17.7 Å². The number of benzene rings is 2. The average molecular weight is 361 g/mol. The molecule has 1 heterocycles. The van der Waals surface area contributed by atoms with Crippen molar-refractivity contribution in [2.24, 2.45) is 0 Å². The molecule has 0 atom stereocenters. The van der Waals surface area contributed by atoms with Gasteiger partial charge in [0.15, 0.2) is 0 Å². The molecule has 1 aromatic heterocycles. The number of ether oxygens (including phenoxy) is 1. The first-order valence-corrected chi connectivity index (χ1v) is 8.34. The molecule has 3 aromatic rings. The molecule has 0 saturated carbocycles. The second-order valence-electron chi connectivity index (χ2n) is 5.95.